The predicted molar refractivity (Wildman–Crippen MR) is 56.1 cm³/mol. The second-order valence-corrected chi connectivity index (χ2v) is 3.32. The van der Waals surface area contributed by atoms with E-state index < -0.39 is 17.9 Å². The van der Waals surface area contributed by atoms with Crippen LogP contribution in [0.4, 0.5) is 0 Å². The van der Waals surface area contributed by atoms with Crippen molar-refractivity contribution in [3.05, 3.63) is 12.2 Å². The quantitative estimate of drug-likeness (QED) is 0.396. The fourth-order valence-electron chi connectivity index (χ4n) is 1.32. The largest absolute Gasteiger partial charge is 0.468 e. The highest BCUT2D eigenvalue weighted by Crippen LogP contribution is 2.23. The number of rotatable bonds is 5. The second-order valence-electron chi connectivity index (χ2n) is 3.32. The zero-order valence-corrected chi connectivity index (χ0v) is 9.70. The van der Waals surface area contributed by atoms with Crippen LogP contribution in [-0.2, 0) is 19.1 Å². The molecule has 0 aliphatic heterocycles. The van der Waals surface area contributed by atoms with Gasteiger partial charge in [0.2, 0.25) is 0 Å². The average Bonchev–Trinajstić information content (AvgIpc) is 2.27. The molecule has 0 bridgehead atoms. The van der Waals surface area contributed by atoms with Crippen LogP contribution in [0.25, 0.3) is 0 Å². The third kappa shape index (κ3) is 3.38. The minimum absolute atomic E-state index is 0.269. The van der Waals surface area contributed by atoms with Crippen molar-refractivity contribution in [1.29, 1.82) is 0 Å². The Labute approximate surface area is 90.2 Å². The number of ether oxygens (including phenoxy) is 2. The summed E-state index contributed by atoms with van der Waals surface area (Å²) in [5, 5.41) is 0. The zero-order chi connectivity index (χ0) is 12.0. The van der Waals surface area contributed by atoms with Crippen molar-refractivity contribution in [2.75, 3.05) is 14.2 Å². The maximum atomic E-state index is 11.4. The number of hydrogen-bond donors (Lipinski definition) is 0. The van der Waals surface area contributed by atoms with Crippen LogP contribution in [0.2, 0.25) is 0 Å². The van der Waals surface area contributed by atoms with Gasteiger partial charge < -0.3 is 9.47 Å². The molecule has 0 aliphatic rings. The molecule has 0 saturated heterocycles. The van der Waals surface area contributed by atoms with Gasteiger partial charge in [-0.2, -0.15) is 0 Å². The second kappa shape index (κ2) is 6.22. The summed E-state index contributed by atoms with van der Waals surface area (Å²) in [6.45, 7) is 7.50. The number of allylic oxidation sites excluding steroid dienone is 1. The van der Waals surface area contributed by atoms with Crippen molar-refractivity contribution >= 4 is 11.9 Å². The normalized spacial score (nSPS) is 12.1. The molecule has 15 heavy (non-hydrogen) atoms. The third-order valence-corrected chi connectivity index (χ3v) is 2.51. The smallest absolute Gasteiger partial charge is 0.320 e. The van der Waals surface area contributed by atoms with Crippen LogP contribution >= 0.6 is 0 Å². The Bertz CT molecular complexity index is 241. The third-order valence-electron chi connectivity index (χ3n) is 2.51. The number of esters is 2. The van der Waals surface area contributed by atoms with Gasteiger partial charge in [-0.25, -0.2) is 0 Å². The molecular formula is C11H18O4. The summed E-state index contributed by atoms with van der Waals surface area (Å²) < 4.78 is 9.14. The lowest BCUT2D eigenvalue weighted by atomic mass is 9.87. The molecule has 0 aromatic heterocycles. The van der Waals surface area contributed by atoms with E-state index in [0.717, 1.165) is 5.57 Å². The van der Waals surface area contributed by atoms with E-state index in [1.165, 1.54) is 14.2 Å². The molecule has 0 spiro atoms. The van der Waals surface area contributed by atoms with Crippen molar-refractivity contribution in [3.8, 4) is 0 Å². The molecule has 0 aliphatic carbocycles. The highest BCUT2D eigenvalue weighted by Gasteiger charge is 2.34. The molecule has 0 radical (unpaired) electrons. The summed E-state index contributed by atoms with van der Waals surface area (Å²) in [4.78, 5) is 22.8. The van der Waals surface area contributed by atoms with Gasteiger partial charge in [0.25, 0.3) is 0 Å². The van der Waals surface area contributed by atoms with Crippen molar-refractivity contribution < 1.29 is 19.1 Å². The first-order valence-corrected chi connectivity index (χ1v) is 4.82. The van der Waals surface area contributed by atoms with Crippen molar-refractivity contribution in [2.45, 2.75) is 20.3 Å². The van der Waals surface area contributed by atoms with E-state index in [4.69, 9.17) is 0 Å². The molecule has 0 aromatic rings. The van der Waals surface area contributed by atoms with E-state index >= 15 is 0 Å². The van der Waals surface area contributed by atoms with Gasteiger partial charge in [0, 0.05) is 5.92 Å². The molecule has 4 heteroatoms. The van der Waals surface area contributed by atoms with Crippen LogP contribution in [0.5, 0.6) is 0 Å². The molecule has 0 aromatic carbocycles. The van der Waals surface area contributed by atoms with Crippen LogP contribution < -0.4 is 0 Å². The Morgan fingerprint density at radius 2 is 1.60 bits per heavy atom. The highest BCUT2D eigenvalue weighted by atomic mass is 16.5. The molecule has 86 valence electrons. The minimum atomic E-state index is -0.910. The molecule has 4 nitrogen and oxygen atoms in total. The first kappa shape index (κ1) is 13.7. The Morgan fingerprint density at radius 1 is 1.20 bits per heavy atom. The highest BCUT2D eigenvalue weighted by molar-refractivity contribution is 5.95. The molecule has 0 saturated carbocycles. The topological polar surface area (TPSA) is 52.6 Å². The number of carbonyl (C=O) groups excluding carboxylic acids is 2. The standard InChI is InChI=1S/C11H18O4/c1-6-7(2)8(3)9(10(12)14-4)11(13)15-5/h8-9H,2,6H2,1,3-5H3. The van der Waals surface area contributed by atoms with Gasteiger partial charge in [0.15, 0.2) is 5.92 Å². The lowest BCUT2D eigenvalue weighted by Gasteiger charge is -2.20. The number of methoxy groups -OCH3 is 2. The molecule has 0 fully saturated rings. The van der Waals surface area contributed by atoms with Gasteiger partial charge in [0.1, 0.15) is 0 Å². The predicted octanol–water partition coefficient (Wildman–Crippen LogP) is 1.55. The Balaban J connectivity index is 4.85. The maximum absolute atomic E-state index is 11.4. The summed E-state index contributed by atoms with van der Waals surface area (Å²) in [5.74, 6) is -2.34. The molecule has 0 rings (SSSR count). The lowest BCUT2D eigenvalue weighted by molar-refractivity contribution is -0.160. The number of carbonyl (C=O) groups is 2. The van der Waals surface area contributed by atoms with E-state index in [9.17, 15) is 9.59 Å². The van der Waals surface area contributed by atoms with Gasteiger partial charge in [-0.3, -0.25) is 9.59 Å². The lowest BCUT2D eigenvalue weighted by Crippen LogP contribution is -2.32. The maximum Gasteiger partial charge on any atom is 0.320 e. The van der Waals surface area contributed by atoms with Crippen molar-refractivity contribution in [2.24, 2.45) is 11.8 Å². The number of hydrogen-bond acceptors (Lipinski definition) is 4. The van der Waals surface area contributed by atoms with E-state index in [1.54, 1.807) is 6.92 Å². The monoisotopic (exact) mass is 214 g/mol. The SMILES string of the molecule is C=C(CC)C(C)C(C(=O)OC)C(=O)OC. The molecular weight excluding hydrogens is 196 g/mol. The molecule has 0 heterocycles. The van der Waals surface area contributed by atoms with Gasteiger partial charge in [-0.15, -0.1) is 0 Å². The van der Waals surface area contributed by atoms with Crippen LogP contribution in [0.1, 0.15) is 20.3 Å². The molecule has 0 N–H and O–H groups in total. The van der Waals surface area contributed by atoms with Gasteiger partial charge in [-0.1, -0.05) is 26.0 Å². The Hall–Kier alpha value is -1.32. The minimum Gasteiger partial charge on any atom is -0.468 e. The van der Waals surface area contributed by atoms with Crippen LogP contribution in [0.3, 0.4) is 0 Å². The molecule has 0 amide bonds. The first-order chi connectivity index (χ1) is 6.99. The zero-order valence-electron chi connectivity index (χ0n) is 9.70. The fraction of sp³-hybridized carbons (Fsp3) is 0.636. The van der Waals surface area contributed by atoms with Crippen molar-refractivity contribution in [3.63, 3.8) is 0 Å². The summed E-state index contributed by atoms with van der Waals surface area (Å²) in [5.41, 5.74) is 0.829. The van der Waals surface area contributed by atoms with E-state index in [-0.39, 0.29) is 5.92 Å². The van der Waals surface area contributed by atoms with Gasteiger partial charge >= 0.3 is 11.9 Å². The fourth-order valence-corrected chi connectivity index (χ4v) is 1.32. The molecule has 1 unspecified atom stereocenters. The summed E-state index contributed by atoms with van der Waals surface area (Å²) in [6, 6.07) is 0. The van der Waals surface area contributed by atoms with Crippen LogP contribution in [0.15, 0.2) is 12.2 Å². The molecule has 1 atom stereocenters. The Morgan fingerprint density at radius 3 is 1.87 bits per heavy atom. The summed E-state index contributed by atoms with van der Waals surface area (Å²) in [6.07, 6.45) is 0.714. The van der Waals surface area contributed by atoms with Gasteiger partial charge in [-0.05, 0) is 6.42 Å². The first-order valence-electron chi connectivity index (χ1n) is 4.82. The van der Waals surface area contributed by atoms with E-state index in [2.05, 4.69) is 16.1 Å². The van der Waals surface area contributed by atoms with E-state index in [0.29, 0.717) is 6.42 Å². The van der Waals surface area contributed by atoms with E-state index in [1.807, 2.05) is 6.92 Å². The Kier molecular flexibility index (Phi) is 5.67. The van der Waals surface area contributed by atoms with Gasteiger partial charge in [0.05, 0.1) is 14.2 Å². The van der Waals surface area contributed by atoms with Crippen LogP contribution in [0, 0.1) is 11.8 Å². The average molecular weight is 214 g/mol. The summed E-state index contributed by atoms with van der Waals surface area (Å²) in [7, 11) is 2.50. The summed E-state index contributed by atoms with van der Waals surface area (Å²) >= 11 is 0. The van der Waals surface area contributed by atoms with Crippen LogP contribution in [-0.4, -0.2) is 26.2 Å². The van der Waals surface area contributed by atoms with Crippen molar-refractivity contribution in [1.82, 2.24) is 0 Å².